The molecule has 4 nitrogen and oxygen atoms in total. The lowest BCUT2D eigenvalue weighted by atomic mass is 10.1. The monoisotopic (exact) mass is 598 g/mol. The van der Waals surface area contributed by atoms with Crippen LogP contribution in [0.2, 0.25) is 0 Å². The van der Waals surface area contributed by atoms with Crippen molar-refractivity contribution >= 4 is 51.2 Å². The van der Waals surface area contributed by atoms with Gasteiger partial charge in [-0.15, -0.1) is 0 Å². The summed E-state index contributed by atoms with van der Waals surface area (Å²) in [5, 5.41) is 8.87. The molecule has 0 aromatic heterocycles. The van der Waals surface area contributed by atoms with Crippen molar-refractivity contribution in [2.45, 2.75) is 17.8 Å². The molecule has 12 heteroatoms. The van der Waals surface area contributed by atoms with Gasteiger partial charge in [0.1, 0.15) is 12.4 Å². The third-order valence-corrected chi connectivity index (χ3v) is 4.49. The number of aromatic carboxylic acids is 1. The van der Waals surface area contributed by atoms with Gasteiger partial charge in [0.05, 0.1) is 12.7 Å². The Kier molecular flexibility index (Phi) is 7.23. The Balaban J connectivity index is 3.05. The molecule has 0 spiro atoms. The van der Waals surface area contributed by atoms with E-state index in [0.29, 0.717) is 7.11 Å². The summed E-state index contributed by atoms with van der Waals surface area (Å²) < 4.78 is 89.4. The van der Waals surface area contributed by atoms with Gasteiger partial charge in [0.2, 0.25) is 0 Å². The predicted molar refractivity (Wildman–Crippen MR) is 91.0 cm³/mol. The first-order chi connectivity index (χ1) is 11.3. The summed E-state index contributed by atoms with van der Waals surface area (Å²) in [6, 6.07) is 2.13. The molecule has 0 aliphatic carbocycles. The van der Waals surface area contributed by atoms with Crippen molar-refractivity contribution in [2.24, 2.45) is 0 Å². The Morgan fingerprint density at radius 1 is 1.04 bits per heavy atom. The summed E-state index contributed by atoms with van der Waals surface area (Å²) in [6.45, 7) is -3.92. The van der Waals surface area contributed by atoms with E-state index >= 15 is 0 Å². The molecule has 0 atom stereocenters. The van der Waals surface area contributed by atoms with Crippen LogP contribution in [0.4, 0.5) is 26.3 Å². The topological polar surface area (TPSA) is 55.8 Å². The number of hydrogen-bond donors (Lipinski definition) is 1. The van der Waals surface area contributed by atoms with Gasteiger partial charge in [-0.05, 0) is 57.3 Å². The molecule has 142 valence electrons. The normalized spacial score (nSPS) is 13.0. The fraction of sp³-hybridized carbons (Fsp3) is 0.462. The maximum absolute atomic E-state index is 13.7. The SMILES string of the molecule is COCC(F)(F)C(F)(F)C(F)(F)COc1c(I)cc(C(=O)O)cc1I. The molecular formula is C13H10F6I2O4. The molecule has 1 aromatic carbocycles. The molecule has 0 unspecified atom stereocenters. The second-order valence-electron chi connectivity index (χ2n) is 4.78. The predicted octanol–water partition coefficient (Wildman–Crippen LogP) is 4.53. The van der Waals surface area contributed by atoms with E-state index in [9.17, 15) is 31.1 Å². The summed E-state index contributed by atoms with van der Waals surface area (Å²) in [6.07, 6.45) is 0. The van der Waals surface area contributed by atoms with E-state index in [4.69, 9.17) is 5.11 Å². The van der Waals surface area contributed by atoms with E-state index in [2.05, 4.69) is 9.47 Å². The minimum Gasteiger partial charge on any atom is -0.485 e. The van der Waals surface area contributed by atoms with Crippen LogP contribution < -0.4 is 4.74 Å². The van der Waals surface area contributed by atoms with Gasteiger partial charge in [0.15, 0.2) is 6.61 Å². The lowest BCUT2D eigenvalue weighted by Crippen LogP contribution is -2.58. The Morgan fingerprint density at radius 3 is 1.88 bits per heavy atom. The van der Waals surface area contributed by atoms with Crippen LogP contribution in [0.5, 0.6) is 5.75 Å². The van der Waals surface area contributed by atoms with E-state index in [0.717, 1.165) is 12.1 Å². The zero-order valence-corrected chi connectivity index (χ0v) is 16.6. The largest absolute Gasteiger partial charge is 0.485 e. The molecule has 0 radical (unpaired) electrons. The summed E-state index contributed by atoms with van der Waals surface area (Å²) in [7, 11) is 0.674. The van der Waals surface area contributed by atoms with Crippen molar-refractivity contribution in [3.63, 3.8) is 0 Å². The number of benzene rings is 1. The number of alkyl halides is 6. The lowest BCUT2D eigenvalue weighted by molar-refractivity contribution is -0.323. The average Bonchev–Trinajstić information content (AvgIpc) is 2.45. The number of hydrogen-bond acceptors (Lipinski definition) is 3. The Hall–Kier alpha value is -0.510. The van der Waals surface area contributed by atoms with Gasteiger partial charge in [-0.1, -0.05) is 0 Å². The van der Waals surface area contributed by atoms with Crippen LogP contribution in [0, 0.1) is 7.14 Å². The number of carboxylic acids is 1. The fourth-order valence-electron chi connectivity index (χ4n) is 1.61. The maximum Gasteiger partial charge on any atom is 0.377 e. The van der Waals surface area contributed by atoms with Gasteiger partial charge in [-0.25, -0.2) is 4.79 Å². The van der Waals surface area contributed by atoms with Crippen molar-refractivity contribution in [1.82, 2.24) is 0 Å². The minimum absolute atomic E-state index is 0.0460. The van der Waals surface area contributed by atoms with Gasteiger partial charge in [-0.2, -0.15) is 26.3 Å². The number of methoxy groups -OCH3 is 1. The molecular weight excluding hydrogens is 588 g/mol. The third kappa shape index (κ3) is 4.81. The molecule has 0 aliphatic rings. The number of carbonyl (C=O) groups is 1. The van der Waals surface area contributed by atoms with Gasteiger partial charge in [0, 0.05) is 7.11 Å². The summed E-state index contributed by atoms with van der Waals surface area (Å²) in [4.78, 5) is 10.9. The van der Waals surface area contributed by atoms with Crippen molar-refractivity contribution in [2.75, 3.05) is 20.3 Å². The standard InChI is InChI=1S/C13H10F6I2O4/c1-24-4-11(14,15)13(18,19)12(16,17)5-25-9-7(20)2-6(10(22)23)3-8(9)21/h2-3H,4-5H2,1H3,(H,22,23). The lowest BCUT2D eigenvalue weighted by Gasteiger charge is -2.32. The summed E-state index contributed by atoms with van der Waals surface area (Å²) >= 11 is 3.11. The van der Waals surface area contributed by atoms with Crippen LogP contribution >= 0.6 is 45.2 Å². The van der Waals surface area contributed by atoms with Crippen LogP contribution in [0.25, 0.3) is 0 Å². The molecule has 1 rings (SSSR count). The van der Waals surface area contributed by atoms with E-state index in [1.807, 2.05) is 0 Å². The van der Waals surface area contributed by atoms with E-state index < -0.39 is 37.0 Å². The van der Waals surface area contributed by atoms with Gasteiger partial charge in [0.25, 0.3) is 0 Å². The van der Waals surface area contributed by atoms with Crippen LogP contribution in [-0.2, 0) is 4.74 Å². The number of halogens is 8. The summed E-state index contributed by atoms with van der Waals surface area (Å²) in [5.41, 5.74) is -0.176. The molecule has 1 N–H and O–H groups in total. The summed E-state index contributed by atoms with van der Waals surface area (Å²) in [5.74, 6) is -17.6. The first-order valence-corrected chi connectivity index (χ1v) is 8.40. The molecule has 0 heterocycles. The van der Waals surface area contributed by atoms with Crippen molar-refractivity contribution in [1.29, 1.82) is 0 Å². The second-order valence-corrected chi connectivity index (χ2v) is 7.10. The number of ether oxygens (including phenoxy) is 2. The smallest absolute Gasteiger partial charge is 0.377 e. The van der Waals surface area contributed by atoms with Crippen LogP contribution in [0.3, 0.4) is 0 Å². The van der Waals surface area contributed by atoms with Crippen LogP contribution in [-0.4, -0.2) is 49.2 Å². The fourth-order valence-corrected chi connectivity index (χ4v) is 3.69. The van der Waals surface area contributed by atoms with Gasteiger partial charge < -0.3 is 14.6 Å². The molecule has 0 saturated heterocycles. The first-order valence-electron chi connectivity index (χ1n) is 6.24. The van der Waals surface area contributed by atoms with Gasteiger partial charge in [-0.3, -0.25) is 0 Å². The number of carboxylic acid groups (broad SMARTS) is 1. The molecule has 25 heavy (non-hydrogen) atoms. The zero-order valence-electron chi connectivity index (χ0n) is 12.3. The highest BCUT2D eigenvalue weighted by molar-refractivity contribution is 14.1. The minimum atomic E-state index is -5.71. The Bertz CT molecular complexity index is 630. The Labute approximate surface area is 165 Å². The third-order valence-electron chi connectivity index (χ3n) is 2.89. The Morgan fingerprint density at radius 2 is 1.48 bits per heavy atom. The van der Waals surface area contributed by atoms with Crippen molar-refractivity contribution < 1.29 is 45.7 Å². The van der Waals surface area contributed by atoms with Crippen molar-refractivity contribution in [3.8, 4) is 5.75 Å². The second kappa shape index (κ2) is 8.02. The first kappa shape index (κ1) is 22.5. The van der Waals surface area contributed by atoms with Crippen LogP contribution in [0.15, 0.2) is 12.1 Å². The van der Waals surface area contributed by atoms with Crippen molar-refractivity contribution in [3.05, 3.63) is 24.8 Å². The van der Waals surface area contributed by atoms with E-state index in [1.165, 1.54) is 0 Å². The van der Waals surface area contributed by atoms with E-state index in [-0.39, 0.29) is 18.5 Å². The highest BCUT2D eigenvalue weighted by Crippen LogP contribution is 2.46. The number of rotatable bonds is 8. The quantitative estimate of drug-likeness (QED) is 0.354. The molecule has 0 saturated carbocycles. The molecule has 1 aromatic rings. The average molecular weight is 598 g/mol. The molecule has 0 amide bonds. The van der Waals surface area contributed by atoms with E-state index in [1.54, 1.807) is 45.2 Å². The maximum atomic E-state index is 13.7. The highest BCUT2D eigenvalue weighted by atomic mass is 127. The zero-order chi connectivity index (χ0) is 19.6. The molecule has 0 bridgehead atoms. The molecule has 0 aliphatic heterocycles. The van der Waals surface area contributed by atoms with Gasteiger partial charge >= 0.3 is 23.7 Å². The molecule has 0 fully saturated rings. The van der Waals surface area contributed by atoms with Crippen LogP contribution in [0.1, 0.15) is 10.4 Å². The highest BCUT2D eigenvalue weighted by Gasteiger charge is 2.71.